The maximum atomic E-state index is 13.4. The van der Waals surface area contributed by atoms with Crippen LogP contribution in [0.3, 0.4) is 0 Å². The Labute approximate surface area is 209 Å². The van der Waals surface area contributed by atoms with Crippen molar-refractivity contribution in [1.29, 1.82) is 5.26 Å². The van der Waals surface area contributed by atoms with E-state index in [9.17, 15) is 23.1 Å². The molecule has 12 heteroatoms. The van der Waals surface area contributed by atoms with Crippen molar-refractivity contribution < 1.29 is 23.1 Å². The molecule has 2 fully saturated rings. The zero-order valence-electron chi connectivity index (χ0n) is 20.0. The van der Waals surface area contributed by atoms with E-state index in [4.69, 9.17) is 5.26 Å². The summed E-state index contributed by atoms with van der Waals surface area (Å²) in [6.07, 6.45) is 1.13. The number of rotatable bonds is 7. The quantitative estimate of drug-likeness (QED) is 0.536. The lowest BCUT2D eigenvalue weighted by molar-refractivity contribution is 0.0723. The first kappa shape index (κ1) is 24.4. The van der Waals surface area contributed by atoms with Gasteiger partial charge < -0.3 is 15.3 Å². The van der Waals surface area contributed by atoms with E-state index in [1.807, 2.05) is 6.07 Å². The minimum atomic E-state index is -3.64. The standard InChI is InChI=1S/C24H28N6O5S/c1-28-21-19(20(27-28)22(32)26-13-17-4-2-16(12-25)3-5-17)7-10-29(23(21)33)15-24(8-9-24)36(34,35)30-11-6-18(31)14-30/h2-5,18,31H,6-11,13-15H2,1H3,(H,26,32)/t18-/m0/s1. The van der Waals surface area contributed by atoms with Gasteiger partial charge in [-0.1, -0.05) is 12.1 Å². The third kappa shape index (κ3) is 4.17. The van der Waals surface area contributed by atoms with Gasteiger partial charge in [0.05, 0.1) is 17.7 Å². The second kappa shape index (κ2) is 8.99. The van der Waals surface area contributed by atoms with E-state index in [2.05, 4.69) is 10.4 Å². The van der Waals surface area contributed by atoms with Gasteiger partial charge in [-0.25, -0.2) is 8.42 Å². The van der Waals surface area contributed by atoms with Crippen LogP contribution in [-0.2, 0) is 30.0 Å². The number of amides is 2. The number of sulfonamides is 1. The van der Waals surface area contributed by atoms with Crippen LogP contribution in [-0.4, -0.2) is 81.4 Å². The number of benzene rings is 1. The highest BCUT2D eigenvalue weighted by Crippen LogP contribution is 2.47. The van der Waals surface area contributed by atoms with Crippen molar-refractivity contribution in [2.75, 3.05) is 26.2 Å². The number of nitrogens with zero attached hydrogens (tertiary/aromatic N) is 5. The fourth-order valence-electron chi connectivity index (χ4n) is 5.05. The van der Waals surface area contributed by atoms with Crippen molar-refractivity contribution in [2.45, 2.75) is 43.1 Å². The second-order valence-electron chi connectivity index (χ2n) is 9.76. The number of carbonyl (C=O) groups excluding carboxylic acids is 2. The molecule has 36 heavy (non-hydrogen) atoms. The number of carbonyl (C=O) groups is 2. The van der Waals surface area contributed by atoms with Crippen LogP contribution in [0.1, 0.15) is 56.9 Å². The van der Waals surface area contributed by atoms with Crippen molar-refractivity contribution in [1.82, 2.24) is 24.3 Å². The monoisotopic (exact) mass is 512 g/mol. The highest BCUT2D eigenvalue weighted by molar-refractivity contribution is 7.90. The lowest BCUT2D eigenvalue weighted by Crippen LogP contribution is -2.49. The number of aliphatic hydroxyl groups excluding tert-OH is 1. The predicted octanol–water partition coefficient (Wildman–Crippen LogP) is 0.149. The highest BCUT2D eigenvalue weighted by Gasteiger charge is 2.59. The Morgan fingerprint density at radius 1 is 1.28 bits per heavy atom. The molecule has 2 aliphatic heterocycles. The van der Waals surface area contributed by atoms with Crippen molar-refractivity contribution in [2.24, 2.45) is 7.05 Å². The van der Waals surface area contributed by atoms with Crippen LogP contribution in [0.4, 0.5) is 0 Å². The zero-order chi connectivity index (χ0) is 25.7. The number of nitrogens with one attached hydrogen (secondary N) is 1. The average molecular weight is 513 g/mol. The zero-order valence-corrected chi connectivity index (χ0v) is 20.8. The molecule has 3 aliphatic rings. The summed E-state index contributed by atoms with van der Waals surface area (Å²) in [5.74, 6) is -0.730. The molecule has 3 heterocycles. The minimum Gasteiger partial charge on any atom is -0.392 e. The molecule has 0 bridgehead atoms. The minimum absolute atomic E-state index is 0.0889. The molecule has 1 atom stereocenters. The number of hydrogen-bond donors (Lipinski definition) is 2. The van der Waals surface area contributed by atoms with Crippen molar-refractivity contribution in [3.8, 4) is 6.07 Å². The average Bonchev–Trinajstić information content (AvgIpc) is 3.40. The van der Waals surface area contributed by atoms with E-state index >= 15 is 0 Å². The molecule has 0 unspecified atom stereocenters. The Kier molecular flexibility index (Phi) is 6.10. The molecule has 5 rings (SSSR count). The first-order valence-corrected chi connectivity index (χ1v) is 13.4. The van der Waals surface area contributed by atoms with Crippen LogP contribution >= 0.6 is 0 Å². The molecule has 0 spiro atoms. The molecular weight excluding hydrogens is 484 g/mol. The molecule has 1 saturated carbocycles. The van der Waals surface area contributed by atoms with Gasteiger partial charge in [0, 0.05) is 45.3 Å². The number of aromatic nitrogens is 2. The third-order valence-electron chi connectivity index (χ3n) is 7.32. The van der Waals surface area contributed by atoms with Gasteiger partial charge in [0.25, 0.3) is 11.8 Å². The predicted molar refractivity (Wildman–Crippen MR) is 128 cm³/mol. The van der Waals surface area contributed by atoms with Gasteiger partial charge in [-0.2, -0.15) is 14.7 Å². The van der Waals surface area contributed by atoms with E-state index in [-0.39, 0.29) is 31.2 Å². The summed E-state index contributed by atoms with van der Waals surface area (Å²) >= 11 is 0. The van der Waals surface area contributed by atoms with Crippen LogP contribution in [0.25, 0.3) is 0 Å². The molecule has 1 saturated heterocycles. The lowest BCUT2D eigenvalue weighted by Gasteiger charge is -2.32. The van der Waals surface area contributed by atoms with Crippen LogP contribution in [0, 0.1) is 11.3 Å². The number of aliphatic hydroxyl groups is 1. The van der Waals surface area contributed by atoms with Crippen molar-refractivity contribution >= 4 is 21.8 Å². The summed E-state index contributed by atoms with van der Waals surface area (Å²) in [5.41, 5.74) is 2.41. The first-order valence-electron chi connectivity index (χ1n) is 12.0. The van der Waals surface area contributed by atoms with Crippen LogP contribution in [0.2, 0.25) is 0 Å². The summed E-state index contributed by atoms with van der Waals surface area (Å²) < 4.78 is 28.3. The molecule has 190 valence electrons. The van der Waals surface area contributed by atoms with E-state index < -0.39 is 26.8 Å². The third-order valence-corrected chi connectivity index (χ3v) is 9.96. The Morgan fingerprint density at radius 2 is 2.00 bits per heavy atom. The van der Waals surface area contributed by atoms with Crippen LogP contribution < -0.4 is 5.32 Å². The summed E-state index contributed by atoms with van der Waals surface area (Å²) in [6.45, 7) is 1.04. The summed E-state index contributed by atoms with van der Waals surface area (Å²) in [5, 5.41) is 25.8. The molecule has 11 nitrogen and oxygen atoms in total. The number of nitriles is 1. The molecule has 2 N–H and O–H groups in total. The molecule has 2 aromatic rings. The smallest absolute Gasteiger partial charge is 0.272 e. The summed E-state index contributed by atoms with van der Waals surface area (Å²) in [6, 6.07) is 8.93. The van der Waals surface area contributed by atoms with Crippen LogP contribution in [0.15, 0.2) is 24.3 Å². The second-order valence-corrected chi connectivity index (χ2v) is 12.1. The van der Waals surface area contributed by atoms with Crippen molar-refractivity contribution in [3.05, 3.63) is 52.3 Å². The van der Waals surface area contributed by atoms with Gasteiger partial charge in [0.1, 0.15) is 10.4 Å². The topological polar surface area (TPSA) is 149 Å². The van der Waals surface area contributed by atoms with E-state index in [0.29, 0.717) is 55.6 Å². The molecule has 1 aliphatic carbocycles. The molecule has 2 amide bonds. The fourth-order valence-corrected chi connectivity index (χ4v) is 7.25. The Bertz CT molecular complexity index is 1360. The number of hydrogen-bond acceptors (Lipinski definition) is 7. The number of fused-ring (bicyclic) bond motifs is 1. The maximum absolute atomic E-state index is 13.4. The van der Waals surface area contributed by atoms with Gasteiger partial charge in [0.15, 0.2) is 5.69 Å². The van der Waals surface area contributed by atoms with Gasteiger partial charge in [-0.3, -0.25) is 14.3 Å². The van der Waals surface area contributed by atoms with E-state index in [0.717, 1.165) is 5.56 Å². The fraction of sp³-hybridized carbons (Fsp3) is 0.500. The van der Waals surface area contributed by atoms with Crippen molar-refractivity contribution in [3.63, 3.8) is 0 Å². The van der Waals surface area contributed by atoms with Gasteiger partial charge in [0.2, 0.25) is 10.0 Å². The highest BCUT2D eigenvalue weighted by atomic mass is 32.2. The van der Waals surface area contributed by atoms with E-state index in [1.165, 1.54) is 8.99 Å². The number of aryl methyl sites for hydroxylation is 1. The summed E-state index contributed by atoms with van der Waals surface area (Å²) in [7, 11) is -2.04. The largest absolute Gasteiger partial charge is 0.392 e. The summed E-state index contributed by atoms with van der Waals surface area (Å²) in [4.78, 5) is 27.8. The normalized spacial score (nSPS) is 21.2. The molecule has 0 radical (unpaired) electrons. The Morgan fingerprint density at radius 3 is 2.61 bits per heavy atom. The Hall–Kier alpha value is -3.27. The molecule has 1 aromatic heterocycles. The van der Waals surface area contributed by atoms with Gasteiger partial charge in [-0.15, -0.1) is 0 Å². The lowest BCUT2D eigenvalue weighted by atomic mass is 10.0. The van der Waals surface area contributed by atoms with Crippen LogP contribution in [0.5, 0.6) is 0 Å². The maximum Gasteiger partial charge on any atom is 0.272 e. The Balaban J connectivity index is 1.29. The van der Waals surface area contributed by atoms with Gasteiger partial charge >= 0.3 is 0 Å². The molecular formula is C24H28N6O5S. The molecule has 1 aromatic carbocycles. The number of β-amino-alcohol motifs (C(OH)–C–C–N with tert-alkyl or cyclic N) is 1. The first-order chi connectivity index (χ1) is 17.1. The van der Waals surface area contributed by atoms with E-state index in [1.54, 1.807) is 36.2 Å². The SMILES string of the molecule is Cn1nc(C(=O)NCc2ccc(C#N)cc2)c2c1C(=O)N(CC1(S(=O)(=O)N3CC[C@H](O)C3)CC1)CC2. The van der Waals surface area contributed by atoms with Gasteiger partial charge in [-0.05, 0) is 43.4 Å².